The number of halogens is 3. The summed E-state index contributed by atoms with van der Waals surface area (Å²) in [5.74, 6) is -2.25. The van der Waals surface area contributed by atoms with E-state index in [0.29, 0.717) is 6.07 Å². The lowest BCUT2D eigenvalue weighted by atomic mass is 10.3. The maximum atomic E-state index is 13.5. The number of phenols is 1. The number of benzene rings is 2. The molecule has 0 spiro atoms. The second kappa shape index (κ2) is 5.26. The van der Waals surface area contributed by atoms with Gasteiger partial charge in [-0.05, 0) is 24.3 Å². The van der Waals surface area contributed by atoms with E-state index in [2.05, 4.69) is 4.72 Å². The van der Waals surface area contributed by atoms with Crippen molar-refractivity contribution in [3.63, 3.8) is 0 Å². The quantitative estimate of drug-likeness (QED) is 0.854. The van der Waals surface area contributed by atoms with Gasteiger partial charge >= 0.3 is 0 Å². The number of sulfonamides is 1. The normalized spacial score (nSPS) is 11.3. The molecule has 0 fully saturated rings. The van der Waals surface area contributed by atoms with Crippen LogP contribution in [0.5, 0.6) is 5.75 Å². The van der Waals surface area contributed by atoms with E-state index in [-0.39, 0.29) is 16.5 Å². The summed E-state index contributed by atoms with van der Waals surface area (Å²) in [6.45, 7) is 0. The predicted molar refractivity (Wildman–Crippen MR) is 70.3 cm³/mol. The molecule has 0 radical (unpaired) electrons. The average Bonchev–Trinajstić information content (AvgIpc) is 2.32. The maximum absolute atomic E-state index is 13.5. The molecule has 2 aromatic carbocycles. The fourth-order valence-corrected chi connectivity index (χ4v) is 2.90. The van der Waals surface area contributed by atoms with Crippen LogP contribution >= 0.6 is 11.6 Å². The van der Waals surface area contributed by atoms with Crippen LogP contribution in [-0.4, -0.2) is 13.5 Å². The molecule has 4 nitrogen and oxygen atoms in total. The molecule has 0 saturated heterocycles. The van der Waals surface area contributed by atoms with Crippen LogP contribution in [0, 0.1) is 11.6 Å². The number of rotatable bonds is 3. The van der Waals surface area contributed by atoms with Crippen molar-refractivity contribution < 1.29 is 22.3 Å². The van der Waals surface area contributed by atoms with Gasteiger partial charge in [-0.3, -0.25) is 4.72 Å². The first-order chi connectivity index (χ1) is 9.29. The Morgan fingerprint density at radius 2 is 1.80 bits per heavy atom. The highest BCUT2D eigenvalue weighted by atomic mass is 35.5. The van der Waals surface area contributed by atoms with E-state index in [1.54, 1.807) is 0 Å². The largest absolute Gasteiger partial charge is 0.508 e. The Morgan fingerprint density at radius 3 is 2.40 bits per heavy atom. The lowest BCUT2D eigenvalue weighted by Crippen LogP contribution is -2.15. The first-order valence-electron chi connectivity index (χ1n) is 5.26. The van der Waals surface area contributed by atoms with E-state index in [1.807, 2.05) is 0 Å². The molecule has 20 heavy (non-hydrogen) atoms. The van der Waals surface area contributed by atoms with Crippen LogP contribution in [0.2, 0.25) is 5.02 Å². The van der Waals surface area contributed by atoms with Crippen LogP contribution in [0.15, 0.2) is 41.3 Å². The lowest BCUT2D eigenvalue weighted by molar-refractivity contribution is 0.475. The molecule has 0 bridgehead atoms. The van der Waals surface area contributed by atoms with Gasteiger partial charge < -0.3 is 5.11 Å². The summed E-state index contributed by atoms with van der Waals surface area (Å²) >= 11 is 5.75. The molecule has 0 aliphatic carbocycles. The monoisotopic (exact) mass is 319 g/mol. The summed E-state index contributed by atoms with van der Waals surface area (Å²) in [6, 6.07) is 5.66. The van der Waals surface area contributed by atoms with Gasteiger partial charge in [-0.1, -0.05) is 11.6 Å². The highest BCUT2D eigenvalue weighted by Crippen LogP contribution is 2.28. The molecule has 2 rings (SSSR count). The first kappa shape index (κ1) is 14.5. The third-order valence-corrected chi connectivity index (χ3v) is 4.09. The van der Waals surface area contributed by atoms with Gasteiger partial charge in [0.1, 0.15) is 22.3 Å². The molecule has 2 N–H and O–H groups in total. The third kappa shape index (κ3) is 3.00. The van der Waals surface area contributed by atoms with Crippen LogP contribution in [0.4, 0.5) is 14.5 Å². The predicted octanol–water partition coefficient (Wildman–Crippen LogP) is 3.12. The Morgan fingerprint density at radius 1 is 1.10 bits per heavy atom. The summed E-state index contributed by atoms with van der Waals surface area (Å²) in [5, 5.41) is 9.10. The first-order valence-corrected chi connectivity index (χ1v) is 7.12. The maximum Gasteiger partial charge on any atom is 0.264 e. The zero-order valence-electron chi connectivity index (χ0n) is 9.77. The van der Waals surface area contributed by atoms with Gasteiger partial charge in [0.15, 0.2) is 0 Å². The Kier molecular flexibility index (Phi) is 3.82. The Hall–Kier alpha value is -1.86. The van der Waals surface area contributed by atoms with Gasteiger partial charge in [-0.2, -0.15) is 0 Å². The van der Waals surface area contributed by atoms with Crippen LogP contribution in [0.25, 0.3) is 0 Å². The van der Waals surface area contributed by atoms with E-state index in [9.17, 15) is 17.2 Å². The number of aromatic hydroxyl groups is 1. The summed E-state index contributed by atoms with van der Waals surface area (Å²) in [7, 11) is -4.25. The van der Waals surface area contributed by atoms with Crippen LogP contribution in [0.3, 0.4) is 0 Å². The summed E-state index contributed by atoms with van der Waals surface area (Å²) < 4.78 is 52.3. The van der Waals surface area contributed by atoms with Crippen molar-refractivity contribution >= 4 is 27.3 Å². The van der Waals surface area contributed by atoms with Crippen molar-refractivity contribution in [3.8, 4) is 5.75 Å². The van der Waals surface area contributed by atoms with Crippen molar-refractivity contribution in [2.24, 2.45) is 0 Å². The molecule has 8 heteroatoms. The molecular weight excluding hydrogens is 312 g/mol. The second-order valence-electron chi connectivity index (χ2n) is 3.84. The Balaban J connectivity index is 2.41. The van der Waals surface area contributed by atoms with E-state index in [0.717, 1.165) is 18.2 Å². The highest BCUT2D eigenvalue weighted by Gasteiger charge is 2.20. The zero-order chi connectivity index (χ0) is 14.9. The number of phenolic OH excluding ortho intramolecular Hbond substituents is 1. The van der Waals surface area contributed by atoms with E-state index in [1.165, 1.54) is 12.1 Å². The Labute approximate surface area is 118 Å². The van der Waals surface area contributed by atoms with Gasteiger partial charge in [0.25, 0.3) is 10.0 Å². The molecule has 0 aliphatic heterocycles. The van der Waals surface area contributed by atoms with Crippen LogP contribution in [-0.2, 0) is 10.0 Å². The van der Waals surface area contributed by atoms with Gasteiger partial charge in [-0.25, -0.2) is 17.2 Å². The zero-order valence-corrected chi connectivity index (χ0v) is 11.3. The average molecular weight is 320 g/mol. The summed E-state index contributed by atoms with van der Waals surface area (Å²) in [6.07, 6.45) is 0. The van der Waals surface area contributed by atoms with Crippen LogP contribution < -0.4 is 4.72 Å². The molecule has 0 saturated carbocycles. The summed E-state index contributed by atoms with van der Waals surface area (Å²) in [5.41, 5.74) is -0.0341. The van der Waals surface area contributed by atoms with Crippen molar-refractivity contribution in [2.75, 3.05) is 4.72 Å². The van der Waals surface area contributed by atoms with Crippen molar-refractivity contribution in [3.05, 3.63) is 53.1 Å². The van der Waals surface area contributed by atoms with E-state index >= 15 is 0 Å². The fourth-order valence-electron chi connectivity index (χ4n) is 1.48. The highest BCUT2D eigenvalue weighted by molar-refractivity contribution is 7.92. The number of hydrogen-bond acceptors (Lipinski definition) is 3. The smallest absolute Gasteiger partial charge is 0.264 e. The molecule has 2 aromatic rings. The minimum Gasteiger partial charge on any atom is -0.508 e. The molecule has 0 aliphatic rings. The topological polar surface area (TPSA) is 66.4 Å². The van der Waals surface area contributed by atoms with E-state index in [4.69, 9.17) is 16.7 Å². The second-order valence-corrected chi connectivity index (χ2v) is 5.90. The number of anilines is 1. The molecule has 0 amide bonds. The SMILES string of the molecule is O=S(=O)(Nc1ccc(O)cc1Cl)c1ccc(F)cc1F. The van der Waals surface area contributed by atoms with Gasteiger partial charge in [0.05, 0.1) is 10.7 Å². The molecule has 0 aromatic heterocycles. The standard InChI is InChI=1S/C12H8ClF2NO3S/c13-9-6-8(17)2-3-11(9)16-20(18,19)12-4-1-7(14)5-10(12)15/h1-6,16-17H. The third-order valence-electron chi connectivity index (χ3n) is 2.38. The van der Waals surface area contributed by atoms with Crippen molar-refractivity contribution in [2.45, 2.75) is 4.90 Å². The number of nitrogens with one attached hydrogen (secondary N) is 1. The lowest BCUT2D eigenvalue weighted by Gasteiger charge is -2.10. The molecule has 106 valence electrons. The minimum absolute atomic E-state index is 0.0341. The fraction of sp³-hybridized carbons (Fsp3) is 0. The van der Waals surface area contributed by atoms with Gasteiger partial charge in [-0.15, -0.1) is 0 Å². The molecule has 0 heterocycles. The number of hydrogen-bond donors (Lipinski definition) is 2. The van der Waals surface area contributed by atoms with Gasteiger partial charge in [0.2, 0.25) is 0 Å². The summed E-state index contributed by atoms with van der Waals surface area (Å²) in [4.78, 5) is -0.706. The Bertz CT molecular complexity index is 765. The molecule has 0 unspecified atom stereocenters. The molecule has 0 atom stereocenters. The minimum atomic E-state index is -4.25. The molecular formula is C12H8ClF2NO3S. The van der Waals surface area contributed by atoms with Crippen molar-refractivity contribution in [1.29, 1.82) is 0 Å². The van der Waals surface area contributed by atoms with Crippen LogP contribution in [0.1, 0.15) is 0 Å². The van der Waals surface area contributed by atoms with Crippen molar-refractivity contribution in [1.82, 2.24) is 0 Å². The van der Waals surface area contributed by atoms with E-state index < -0.39 is 26.6 Å². The van der Waals surface area contributed by atoms with Gasteiger partial charge in [0, 0.05) is 12.1 Å².